The largest absolute Gasteiger partial charge is 0.374 e. The highest BCUT2D eigenvalue weighted by molar-refractivity contribution is 7.89. The van der Waals surface area contributed by atoms with Gasteiger partial charge in [-0.2, -0.15) is 4.31 Å². The molecule has 2 rings (SSSR count). The molecule has 0 radical (unpaired) electrons. The Hall–Kier alpha value is -0.660. The summed E-state index contributed by atoms with van der Waals surface area (Å²) in [6, 6.07) is 6.18. The Morgan fingerprint density at radius 1 is 1.40 bits per heavy atom. The van der Waals surface area contributed by atoms with Crippen LogP contribution in [0.5, 0.6) is 0 Å². The van der Waals surface area contributed by atoms with Crippen LogP contribution < -0.4 is 0 Å². The fraction of sp³-hybridized carbons (Fsp3) is 0.538. The Morgan fingerprint density at radius 2 is 2.05 bits per heavy atom. The van der Waals surface area contributed by atoms with Crippen LogP contribution in [0.3, 0.4) is 0 Å². The minimum atomic E-state index is -3.50. The summed E-state index contributed by atoms with van der Waals surface area (Å²) >= 11 is 5.78. The maximum atomic E-state index is 12.4. The molecular weight excluding hydrogens is 300 g/mol. The maximum Gasteiger partial charge on any atom is 0.242 e. The van der Waals surface area contributed by atoms with Gasteiger partial charge in [-0.25, -0.2) is 8.42 Å². The lowest BCUT2D eigenvalue weighted by atomic mass is 10.3. The number of ether oxygens (including phenoxy) is 1. The molecule has 1 heterocycles. The first kappa shape index (κ1) is 15.7. The average Bonchev–Trinajstić information content (AvgIpc) is 2.39. The van der Waals surface area contributed by atoms with Gasteiger partial charge in [-0.15, -0.1) is 0 Å². The summed E-state index contributed by atoms with van der Waals surface area (Å²) in [5.74, 6) is 0. The third-order valence-corrected chi connectivity index (χ3v) is 5.41. The van der Waals surface area contributed by atoms with Crippen LogP contribution in [0.2, 0.25) is 5.02 Å². The Balaban J connectivity index is 2.07. The van der Waals surface area contributed by atoms with Crippen molar-refractivity contribution in [2.75, 3.05) is 40.3 Å². The van der Waals surface area contributed by atoms with Gasteiger partial charge in [-0.1, -0.05) is 11.6 Å². The van der Waals surface area contributed by atoms with E-state index in [0.717, 1.165) is 13.1 Å². The predicted molar refractivity (Wildman–Crippen MR) is 78.5 cm³/mol. The molecule has 0 aromatic heterocycles. The second-order valence-corrected chi connectivity index (χ2v) is 7.48. The number of benzene rings is 1. The SMILES string of the molecule is CN1CCOC(CN(C)S(=O)(=O)c2ccc(Cl)cc2)C1. The van der Waals surface area contributed by atoms with E-state index >= 15 is 0 Å². The van der Waals surface area contributed by atoms with Crippen LogP contribution >= 0.6 is 11.6 Å². The Labute approximate surface area is 125 Å². The molecule has 1 aliphatic rings. The van der Waals surface area contributed by atoms with Crippen LogP contribution in [0, 0.1) is 0 Å². The fourth-order valence-electron chi connectivity index (χ4n) is 2.15. The molecule has 0 amide bonds. The van der Waals surface area contributed by atoms with Crippen molar-refractivity contribution in [1.82, 2.24) is 9.21 Å². The molecule has 0 N–H and O–H groups in total. The van der Waals surface area contributed by atoms with Crippen LogP contribution in [0.1, 0.15) is 0 Å². The molecular formula is C13H19ClN2O3S. The molecule has 0 bridgehead atoms. The predicted octanol–water partition coefficient (Wildman–Crippen LogP) is 1.29. The quantitative estimate of drug-likeness (QED) is 0.839. The van der Waals surface area contributed by atoms with E-state index in [1.54, 1.807) is 19.2 Å². The second-order valence-electron chi connectivity index (χ2n) is 4.99. The molecule has 1 aromatic carbocycles. The third-order valence-electron chi connectivity index (χ3n) is 3.32. The van der Waals surface area contributed by atoms with Gasteiger partial charge < -0.3 is 9.64 Å². The van der Waals surface area contributed by atoms with Crippen molar-refractivity contribution in [2.24, 2.45) is 0 Å². The van der Waals surface area contributed by atoms with Crippen molar-refractivity contribution in [1.29, 1.82) is 0 Å². The van der Waals surface area contributed by atoms with Gasteiger partial charge in [0.1, 0.15) is 0 Å². The molecule has 0 aliphatic carbocycles. The Bertz CT molecular complexity index is 547. The van der Waals surface area contributed by atoms with Crippen molar-refractivity contribution in [3.8, 4) is 0 Å². The van der Waals surface area contributed by atoms with Gasteiger partial charge in [-0.3, -0.25) is 0 Å². The van der Waals surface area contributed by atoms with Crippen LogP contribution in [0.25, 0.3) is 0 Å². The highest BCUT2D eigenvalue weighted by atomic mass is 35.5. The lowest BCUT2D eigenvalue weighted by Crippen LogP contribution is -2.46. The van der Waals surface area contributed by atoms with Gasteiger partial charge >= 0.3 is 0 Å². The summed E-state index contributed by atoms with van der Waals surface area (Å²) in [5, 5.41) is 0.517. The zero-order valence-electron chi connectivity index (χ0n) is 11.6. The summed E-state index contributed by atoms with van der Waals surface area (Å²) in [7, 11) is 0.0781. The minimum Gasteiger partial charge on any atom is -0.374 e. The van der Waals surface area contributed by atoms with Crippen molar-refractivity contribution in [3.05, 3.63) is 29.3 Å². The smallest absolute Gasteiger partial charge is 0.242 e. The van der Waals surface area contributed by atoms with E-state index in [1.165, 1.54) is 16.4 Å². The molecule has 1 fully saturated rings. The number of nitrogens with zero attached hydrogens (tertiary/aromatic N) is 2. The monoisotopic (exact) mass is 318 g/mol. The van der Waals surface area contributed by atoms with Gasteiger partial charge in [0.05, 0.1) is 17.6 Å². The molecule has 5 nitrogen and oxygen atoms in total. The number of halogens is 1. The lowest BCUT2D eigenvalue weighted by molar-refractivity contribution is -0.0247. The van der Waals surface area contributed by atoms with Crippen molar-refractivity contribution < 1.29 is 13.2 Å². The van der Waals surface area contributed by atoms with E-state index in [-0.39, 0.29) is 11.0 Å². The first-order chi connectivity index (χ1) is 9.39. The molecule has 1 aliphatic heterocycles. The highest BCUT2D eigenvalue weighted by Crippen LogP contribution is 2.18. The normalized spacial score (nSPS) is 21.3. The van der Waals surface area contributed by atoms with Crippen molar-refractivity contribution in [2.45, 2.75) is 11.0 Å². The Morgan fingerprint density at radius 3 is 2.65 bits per heavy atom. The number of rotatable bonds is 4. The standard InChI is InChI=1S/C13H19ClN2O3S/c1-15-7-8-19-12(9-15)10-16(2)20(17,18)13-5-3-11(14)4-6-13/h3-6,12H,7-10H2,1-2H3. The summed E-state index contributed by atoms with van der Waals surface area (Å²) in [4.78, 5) is 2.38. The number of sulfonamides is 1. The summed E-state index contributed by atoms with van der Waals surface area (Å²) in [6.45, 7) is 2.59. The first-order valence-electron chi connectivity index (χ1n) is 6.41. The molecule has 0 spiro atoms. The van der Waals surface area contributed by atoms with Gasteiger partial charge in [0.15, 0.2) is 0 Å². The number of likely N-dealkylation sites (N-methyl/N-ethyl adjacent to an activating group) is 2. The van der Waals surface area contributed by atoms with Gasteiger partial charge in [0.2, 0.25) is 10.0 Å². The van der Waals surface area contributed by atoms with E-state index in [1.807, 2.05) is 7.05 Å². The van der Waals surface area contributed by atoms with E-state index in [0.29, 0.717) is 18.2 Å². The number of hydrogen-bond acceptors (Lipinski definition) is 4. The highest BCUT2D eigenvalue weighted by Gasteiger charge is 2.26. The molecule has 1 aromatic rings. The lowest BCUT2D eigenvalue weighted by Gasteiger charge is -2.32. The summed E-state index contributed by atoms with van der Waals surface area (Å²) in [6.07, 6.45) is -0.0965. The maximum absolute atomic E-state index is 12.4. The summed E-state index contributed by atoms with van der Waals surface area (Å²) < 4.78 is 31.8. The molecule has 0 saturated carbocycles. The fourth-order valence-corrected chi connectivity index (χ4v) is 3.48. The van der Waals surface area contributed by atoms with E-state index < -0.39 is 10.0 Å². The van der Waals surface area contributed by atoms with Crippen molar-refractivity contribution >= 4 is 21.6 Å². The first-order valence-corrected chi connectivity index (χ1v) is 8.23. The van der Waals surface area contributed by atoms with Gasteiger partial charge in [0, 0.05) is 31.7 Å². The van der Waals surface area contributed by atoms with Crippen molar-refractivity contribution in [3.63, 3.8) is 0 Å². The molecule has 20 heavy (non-hydrogen) atoms. The molecule has 1 unspecified atom stereocenters. The zero-order chi connectivity index (χ0) is 14.8. The van der Waals surface area contributed by atoms with Crippen LogP contribution in [0.4, 0.5) is 0 Å². The third kappa shape index (κ3) is 3.71. The number of morpholine rings is 1. The van der Waals surface area contributed by atoms with Crippen LogP contribution in [-0.2, 0) is 14.8 Å². The topological polar surface area (TPSA) is 49.9 Å². The molecule has 1 saturated heterocycles. The van der Waals surface area contributed by atoms with E-state index in [9.17, 15) is 8.42 Å². The molecule has 1 atom stereocenters. The minimum absolute atomic E-state index is 0.0965. The van der Waals surface area contributed by atoms with Crippen LogP contribution in [-0.4, -0.2) is 64.1 Å². The summed E-state index contributed by atoms with van der Waals surface area (Å²) in [5.41, 5.74) is 0. The zero-order valence-corrected chi connectivity index (χ0v) is 13.2. The molecule has 112 valence electrons. The Kier molecular flexibility index (Phi) is 5.04. The van der Waals surface area contributed by atoms with E-state index in [4.69, 9.17) is 16.3 Å². The van der Waals surface area contributed by atoms with Crippen LogP contribution in [0.15, 0.2) is 29.2 Å². The molecule has 7 heteroatoms. The van der Waals surface area contributed by atoms with E-state index in [2.05, 4.69) is 4.90 Å². The van der Waals surface area contributed by atoms with Gasteiger partial charge in [-0.05, 0) is 31.3 Å². The average molecular weight is 319 g/mol. The second kappa shape index (κ2) is 6.41. The van der Waals surface area contributed by atoms with Gasteiger partial charge in [0.25, 0.3) is 0 Å². The number of hydrogen-bond donors (Lipinski definition) is 0.